The SMILES string of the molecule is CCC(NCc1cc(-c2ccc3c(c2)nnn3C(c2ccccc2)(c2ccccc2)c2ccccc2)ccc1F)C1CCCN1. The van der Waals surface area contributed by atoms with E-state index in [4.69, 9.17) is 10.3 Å². The first-order chi connectivity index (χ1) is 22.2. The molecule has 0 saturated carbocycles. The number of hydrogen-bond donors (Lipinski definition) is 2. The molecule has 0 bridgehead atoms. The Labute approximate surface area is 264 Å². The molecule has 1 saturated heterocycles. The number of halogens is 1. The maximum Gasteiger partial charge on any atom is 0.140 e. The van der Waals surface area contributed by atoms with Crippen LogP contribution in [0.2, 0.25) is 0 Å². The van der Waals surface area contributed by atoms with Crippen molar-refractivity contribution in [1.29, 1.82) is 0 Å². The van der Waals surface area contributed by atoms with E-state index < -0.39 is 5.54 Å². The summed E-state index contributed by atoms with van der Waals surface area (Å²) in [6.07, 6.45) is 3.36. The standard InChI is InChI=1S/C39H38FN5/c1-2-35(36-19-12-24-41-36)42-27-30-25-28(20-22-34(30)40)29-21-23-38-37(26-29)43-44-45(38)39(31-13-6-3-7-14-31,32-15-8-4-9-16-32)33-17-10-5-11-18-33/h3-11,13-18,20-23,25-26,35-36,41-42H,2,12,19,24,27H2,1H3. The Morgan fingerprint density at radius 1 is 0.822 bits per heavy atom. The maximum absolute atomic E-state index is 15.0. The van der Waals surface area contributed by atoms with Crippen molar-refractivity contribution in [2.24, 2.45) is 0 Å². The molecule has 226 valence electrons. The highest BCUT2D eigenvalue weighted by Gasteiger charge is 2.40. The minimum atomic E-state index is -0.751. The van der Waals surface area contributed by atoms with Gasteiger partial charge in [0, 0.05) is 24.2 Å². The summed E-state index contributed by atoms with van der Waals surface area (Å²) in [6.45, 7) is 3.74. The van der Waals surface area contributed by atoms with Crippen molar-refractivity contribution in [2.75, 3.05) is 6.54 Å². The number of benzene rings is 5. The molecule has 0 spiro atoms. The van der Waals surface area contributed by atoms with Crippen molar-refractivity contribution in [3.63, 3.8) is 0 Å². The molecule has 2 heterocycles. The molecule has 2 atom stereocenters. The molecule has 5 aromatic carbocycles. The summed E-state index contributed by atoms with van der Waals surface area (Å²) in [5.74, 6) is -0.189. The molecule has 0 amide bonds. The highest BCUT2D eigenvalue weighted by Crippen LogP contribution is 2.42. The van der Waals surface area contributed by atoms with Crippen LogP contribution in [0.4, 0.5) is 4.39 Å². The third-order valence-corrected chi connectivity index (χ3v) is 9.30. The Morgan fingerprint density at radius 3 is 2.00 bits per heavy atom. The summed E-state index contributed by atoms with van der Waals surface area (Å²) in [4.78, 5) is 0. The first kappa shape index (κ1) is 29.1. The van der Waals surface area contributed by atoms with Crippen LogP contribution in [0.3, 0.4) is 0 Å². The van der Waals surface area contributed by atoms with Crippen LogP contribution >= 0.6 is 0 Å². The Balaban J connectivity index is 1.30. The van der Waals surface area contributed by atoms with E-state index in [9.17, 15) is 0 Å². The Bertz CT molecular complexity index is 1770. The second kappa shape index (κ2) is 12.8. The van der Waals surface area contributed by atoms with Gasteiger partial charge < -0.3 is 10.6 Å². The molecule has 1 aromatic heterocycles. The molecule has 1 aliphatic heterocycles. The Hall–Kier alpha value is -4.65. The van der Waals surface area contributed by atoms with Gasteiger partial charge in [0.05, 0.1) is 5.52 Å². The average molecular weight is 596 g/mol. The van der Waals surface area contributed by atoms with Gasteiger partial charge in [-0.25, -0.2) is 9.07 Å². The second-order valence-electron chi connectivity index (χ2n) is 11.9. The van der Waals surface area contributed by atoms with E-state index in [0.717, 1.165) is 58.2 Å². The lowest BCUT2D eigenvalue weighted by molar-refractivity contribution is 0.387. The van der Waals surface area contributed by atoms with Crippen molar-refractivity contribution in [2.45, 2.75) is 50.4 Å². The predicted octanol–water partition coefficient (Wildman–Crippen LogP) is 7.70. The minimum absolute atomic E-state index is 0.189. The molecule has 0 aliphatic carbocycles. The van der Waals surface area contributed by atoms with E-state index in [1.54, 1.807) is 6.07 Å². The van der Waals surface area contributed by atoms with E-state index in [2.05, 4.69) is 109 Å². The largest absolute Gasteiger partial charge is 0.312 e. The highest BCUT2D eigenvalue weighted by molar-refractivity contribution is 5.82. The van der Waals surface area contributed by atoms with Crippen molar-refractivity contribution in [3.8, 4) is 11.1 Å². The highest BCUT2D eigenvalue weighted by atomic mass is 19.1. The van der Waals surface area contributed by atoms with Gasteiger partial charge >= 0.3 is 0 Å². The van der Waals surface area contributed by atoms with Gasteiger partial charge in [0.25, 0.3) is 0 Å². The number of fused-ring (bicyclic) bond motifs is 1. The fraction of sp³-hybridized carbons (Fsp3) is 0.231. The lowest BCUT2D eigenvalue weighted by atomic mass is 9.77. The van der Waals surface area contributed by atoms with Crippen molar-refractivity contribution in [3.05, 3.63) is 155 Å². The molecule has 1 aliphatic rings. The normalized spacial score (nSPS) is 15.8. The Morgan fingerprint density at radius 2 is 1.42 bits per heavy atom. The summed E-state index contributed by atoms with van der Waals surface area (Å²) in [5, 5.41) is 16.8. The van der Waals surface area contributed by atoms with Crippen LogP contribution in [0.5, 0.6) is 0 Å². The number of rotatable bonds is 10. The van der Waals surface area contributed by atoms with Crippen molar-refractivity contribution >= 4 is 11.0 Å². The van der Waals surface area contributed by atoms with E-state index in [-0.39, 0.29) is 5.82 Å². The predicted molar refractivity (Wildman–Crippen MR) is 179 cm³/mol. The molecule has 6 aromatic rings. The quantitative estimate of drug-likeness (QED) is 0.159. The zero-order valence-electron chi connectivity index (χ0n) is 25.5. The summed E-state index contributed by atoms with van der Waals surface area (Å²) in [7, 11) is 0. The van der Waals surface area contributed by atoms with Crippen LogP contribution in [0.1, 0.15) is 48.4 Å². The van der Waals surface area contributed by atoms with Crippen LogP contribution < -0.4 is 10.6 Å². The van der Waals surface area contributed by atoms with Gasteiger partial charge in [0.15, 0.2) is 0 Å². The lowest BCUT2D eigenvalue weighted by Gasteiger charge is -2.36. The van der Waals surface area contributed by atoms with Crippen LogP contribution in [-0.2, 0) is 12.1 Å². The molecule has 6 heteroatoms. The lowest BCUT2D eigenvalue weighted by Crippen LogP contribution is -2.44. The summed E-state index contributed by atoms with van der Waals surface area (Å²) < 4.78 is 17.1. The number of nitrogens with zero attached hydrogens (tertiary/aromatic N) is 3. The fourth-order valence-electron chi connectivity index (χ4n) is 7.01. The van der Waals surface area contributed by atoms with Gasteiger partial charge in [-0.15, -0.1) is 5.10 Å². The molecule has 0 radical (unpaired) electrons. The zero-order valence-corrected chi connectivity index (χ0v) is 25.5. The third-order valence-electron chi connectivity index (χ3n) is 9.30. The summed E-state index contributed by atoms with van der Waals surface area (Å²) in [5.41, 5.74) is 6.81. The fourth-order valence-corrected chi connectivity index (χ4v) is 7.01. The number of hydrogen-bond acceptors (Lipinski definition) is 4. The smallest absolute Gasteiger partial charge is 0.140 e. The van der Waals surface area contributed by atoms with Crippen LogP contribution in [0.25, 0.3) is 22.2 Å². The molecule has 2 unspecified atom stereocenters. The van der Waals surface area contributed by atoms with E-state index in [0.29, 0.717) is 24.2 Å². The van der Waals surface area contributed by atoms with Crippen molar-refractivity contribution < 1.29 is 4.39 Å². The van der Waals surface area contributed by atoms with Crippen LogP contribution in [0.15, 0.2) is 127 Å². The monoisotopic (exact) mass is 595 g/mol. The van der Waals surface area contributed by atoms with Crippen LogP contribution in [0, 0.1) is 5.82 Å². The second-order valence-corrected chi connectivity index (χ2v) is 11.9. The van der Waals surface area contributed by atoms with E-state index >= 15 is 4.39 Å². The molecule has 7 rings (SSSR count). The average Bonchev–Trinajstić information content (AvgIpc) is 3.79. The van der Waals surface area contributed by atoms with Crippen molar-refractivity contribution in [1.82, 2.24) is 25.6 Å². The minimum Gasteiger partial charge on any atom is -0.312 e. The van der Waals surface area contributed by atoms with Gasteiger partial charge in [-0.05, 0) is 77.9 Å². The first-order valence-electron chi connectivity index (χ1n) is 16.0. The summed E-state index contributed by atoms with van der Waals surface area (Å²) >= 11 is 0. The molecule has 1 fully saturated rings. The Kier molecular flexibility index (Phi) is 8.25. The number of nitrogens with one attached hydrogen (secondary N) is 2. The summed E-state index contributed by atoms with van der Waals surface area (Å²) in [6, 6.07) is 43.9. The van der Waals surface area contributed by atoms with Gasteiger partial charge in [0.1, 0.15) is 16.9 Å². The van der Waals surface area contributed by atoms with Gasteiger partial charge in [0.2, 0.25) is 0 Å². The molecular weight excluding hydrogens is 557 g/mol. The zero-order chi connectivity index (χ0) is 30.6. The van der Waals surface area contributed by atoms with Crippen LogP contribution in [-0.4, -0.2) is 33.6 Å². The topological polar surface area (TPSA) is 54.8 Å². The molecule has 2 N–H and O–H groups in total. The van der Waals surface area contributed by atoms with E-state index in [1.165, 1.54) is 6.42 Å². The van der Waals surface area contributed by atoms with Gasteiger partial charge in [-0.1, -0.05) is 115 Å². The van der Waals surface area contributed by atoms with Gasteiger partial charge in [-0.2, -0.15) is 0 Å². The maximum atomic E-state index is 15.0. The first-order valence-corrected chi connectivity index (χ1v) is 16.0. The molecular formula is C39H38FN5. The molecule has 45 heavy (non-hydrogen) atoms. The number of aromatic nitrogens is 3. The molecule has 5 nitrogen and oxygen atoms in total. The third kappa shape index (κ3) is 5.45. The van der Waals surface area contributed by atoms with Gasteiger partial charge in [-0.3, -0.25) is 0 Å². The van der Waals surface area contributed by atoms with E-state index in [1.807, 2.05) is 35.0 Å².